The summed E-state index contributed by atoms with van der Waals surface area (Å²) in [5.74, 6) is 1.91. The van der Waals surface area contributed by atoms with E-state index in [4.69, 9.17) is 13.9 Å². The Hall–Kier alpha value is -3.42. The number of benzene rings is 2. The summed E-state index contributed by atoms with van der Waals surface area (Å²) >= 11 is 0. The fourth-order valence-corrected chi connectivity index (χ4v) is 2.23. The molecular formula is C17H15N3O5. The number of ether oxygens (including phenoxy) is 2. The largest absolute Gasteiger partial charge is 0.497 e. The van der Waals surface area contributed by atoms with Crippen LogP contribution in [0.3, 0.4) is 0 Å². The molecule has 0 N–H and O–H groups in total. The molecule has 0 amide bonds. The maximum Gasteiger partial charge on any atom is 0.272 e. The average molecular weight is 341 g/mol. The molecule has 0 radical (unpaired) electrons. The first-order valence-electron chi connectivity index (χ1n) is 7.41. The minimum Gasteiger partial charge on any atom is -0.497 e. The number of nitro groups is 1. The number of nitro benzene ring substituents is 1. The Bertz CT molecular complexity index is 890. The number of rotatable bonds is 6. The highest BCUT2D eigenvalue weighted by molar-refractivity contribution is 5.53. The number of methoxy groups -OCH3 is 1. The highest BCUT2D eigenvalue weighted by atomic mass is 16.6. The second kappa shape index (κ2) is 7.00. The lowest BCUT2D eigenvalue weighted by molar-refractivity contribution is -0.385. The Balaban J connectivity index is 1.67. The highest BCUT2D eigenvalue weighted by Gasteiger charge is 2.12. The van der Waals surface area contributed by atoms with Crippen LogP contribution in [0.4, 0.5) is 5.69 Å². The lowest BCUT2D eigenvalue weighted by atomic mass is 10.2. The summed E-state index contributed by atoms with van der Waals surface area (Å²) < 4.78 is 16.2. The van der Waals surface area contributed by atoms with Crippen LogP contribution in [-0.2, 0) is 6.61 Å². The molecule has 1 aromatic heterocycles. The summed E-state index contributed by atoms with van der Waals surface area (Å²) in [5, 5.41) is 18.7. The van der Waals surface area contributed by atoms with Gasteiger partial charge in [0.05, 0.1) is 12.0 Å². The zero-order chi connectivity index (χ0) is 17.8. The lowest BCUT2D eigenvalue weighted by Crippen LogP contribution is -1.97. The van der Waals surface area contributed by atoms with Crippen LogP contribution in [0.1, 0.15) is 11.5 Å². The molecule has 8 nitrogen and oxygen atoms in total. The molecule has 0 aliphatic heterocycles. The Morgan fingerprint density at radius 3 is 2.48 bits per heavy atom. The molecule has 0 saturated carbocycles. The molecule has 3 aromatic rings. The third-order valence-corrected chi connectivity index (χ3v) is 3.53. The van der Waals surface area contributed by atoms with Crippen LogP contribution in [0.25, 0.3) is 11.5 Å². The van der Waals surface area contributed by atoms with Crippen LogP contribution in [0.15, 0.2) is 46.9 Å². The van der Waals surface area contributed by atoms with E-state index in [0.717, 1.165) is 11.3 Å². The van der Waals surface area contributed by atoms with E-state index in [2.05, 4.69) is 10.2 Å². The van der Waals surface area contributed by atoms with Crippen LogP contribution >= 0.6 is 0 Å². The van der Waals surface area contributed by atoms with Crippen molar-refractivity contribution in [2.75, 3.05) is 7.11 Å². The maximum absolute atomic E-state index is 10.8. The molecule has 0 atom stereocenters. The van der Waals surface area contributed by atoms with E-state index in [1.54, 1.807) is 32.2 Å². The van der Waals surface area contributed by atoms with Crippen molar-refractivity contribution in [3.05, 3.63) is 64.0 Å². The summed E-state index contributed by atoms with van der Waals surface area (Å²) in [6.07, 6.45) is 0. The van der Waals surface area contributed by atoms with Gasteiger partial charge < -0.3 is 13.9 Å². The van der Waals surface area contributed by atoms with Gasteiger partial charge in [-0.25, -0.2) is 0 Å². The number of aryl methyl sites for hydroxylation is 1. The molecule has 0 fully saturated rings. The second-order valence-electron chi connectivity index (χ2n) is 5.22. The van der Waals surface area contributed by atoms with Gasteiger partial charge in [0.1, 0.15) is 11.5 Å². The van der Waals surface area contributed by atoms with Gasteiger partial charge >= 0.3 is 0 Å². The molecule has 128 valence electrons. The molecule has 1 heterocycles. The van der Waals surface area contributed by atoms with Gasteiger partial charge in [-0.1, -0.05) is 0 Å². The molecule has 2 aromatic carbocycles. The van der Waals surface area contributed by atoms with Crippen LogP contribution < -0.4 is 9.47 Å². The first-order chi connectivity index (χ1) is 12.1. The van der Waals surface area contributed by atoms with Crippen molar-refractivity contribution >= 4 is 5.69 Å². The van der Waals surface area contributed by atoms with Gasteiger partial charge in [0.15, 0.2) is 6.61 Å². The molecule has 0 bridgehead atoms. The number of nitrogens with zero attached hydrogens (tertiary/aromatic N) is 3. The van der Waals surface area contributed by atoms with Crippen molar-refractivity contribution in [2.24, 2.45) is 0 Å². The fraction of sp³-hybridized carbons (Fsp3) is 0.176. The second-order valence-corrected chi connectivity index (χ2v) is 5.22. The van der Waals surface area contributed by atoms with Gasteiger partial charge in [0.25, 0.3) is 11.6 Å². The quantitative estimate of drug-likeness (QED) is 0.499. The summed E-state index contributed by atoms with van der Waals surface area (Å²) in [6, 6.07) is 11.8. The third-order valence-electron chi connectivity index (χ3n) is 3.53. The first kappa shape index (κ1) is 16.4. The van der Waals surface area contributed by atoms with Crippen molar-refractivity contribution in [3.8, 4) is 23.0 Å². The summed E-state index contributed by atoms with van der Waals surface area (Å²) in [4.78, 5) is 10.4. The molecule has 0 unspecified atom stereocenters. The van der Waals surface area contributed by atoms with Crippen molar-refractivity contribution in [3.63, 3.8) is 0 Å². The van der Waals surface area contributed by atoms with E-state index in [-0.39, 0.29) is 12.3 Å². The highest BCUT2D eigenvalue weighted by Crippen LogP contribution is 2.24. The topological polar surface area (TPSA) is 101 Å². The predicted molar refractivity (Wildman–Crippen MR) is 88.5 cm³/mol. The summed E-state index contributed by atoms with van der Waals surface area (Å²) in [5.41, 5.74) is 1.34. The van der Waals surface area contributed by atoms with E-state index in [0.29, 0.717) is 23.1 Å². The van der Waals surface area contributed by atoms with Crippen LogP contribution in [0, 0.1) is 17.0 Å². The van der Waals surface area contributed by atoms with Gasteiger partial charge in [0, 0.05) is 17.2 Å². The number of aromatic nitrogens is 2. The summed E-state index contributed by atoms with van der Waals surface area (Å²) in [7, 11) is 1.59. The number of hydrogen-bond donors (Lipinski definition) is 0. The maximum atomic E-state index is 10.8. The Morgan fingerprint density at radius 1 is 1.12 bits per heavy atom. The predicted octanol–water partition coefficient (Wildman–Crippen LogP) is 3.54. The zero-order valence-corrected chi connectivity index (χ0v) is 13.6. The van der Waals surface area contributed by atoms with Crippen molar-refractivity contribution < 1.29 is 18.8 Å². The zero-order valence-electron chi connectivity index (χ0n) is 13.6. The normalized spacial score (nSPS) is 10.5. The molecule has 8 heteroatoms. The monoisotopic (exact) mass is 341 g/mol. The van der Waals surface area contributed by atoms with Gasteiger partial charge in [-0.2, -0.15) is 0 Å². The molecule has 25 heavy (non-hydrogen) atoms. The third kappa shape index (κ3) is 3.74. The van der Waals surface area contributed by atoms with Crippen LogP contribution in [-0.4, -0.2) is 22.2 Å². The molecule has 0 aliphatic carbocycles. The van der Waals surface area contributed by atoms with Crippen LogP contribution in [0.5, 0.6) is 11.5 Å². The summed E-state index contributed by atoms with van der Waals surface area (Å²) in [6.45, 7) is 1.72. The molecular weight excluding hydrogens is 326 g/mol. The number of hydrogen-bond acceptors (Lipinski definition) is 7. The Kier molecular flexibility index (Phi) is 4.60. The van der Waals surface area contributed by atoms with E-state index in [9.17, 15) is 10.1 Å². The fourth-order valence-electron chi connectivity index (χ4n) is 2.23. The van der Waals surface area contributed by atoms with Gasteiger partial charge in [0.2, 0.25) is 5.89 Å². The lowest BCUT2D eigenvalue weighted by Gasteiger charge is -2.04. The average Bonchev–Trinajstić information content (AvgIpc) is 3.09. The molecule has 0 aliphatic rings. The van der Waals surface area contributed by atoms with Gasteiger partial charge in [-0.05, 0) is 43.3 Å². The smallest absolute Gasteiger partial charge is 0.272 e. The standard InChI is InChI=1S/C17H15N3O5/c1-11-9-14(7-8-15(11)20(21)22)24-10-16-18-19-17(25-16)12-3-5-13(23-2)6-4-12/h3-9H,10H2,1-2H3. The molecule has 0 spiro atoms. The molecule has 3 rings (SSSR count). The van der Waals surface area contributed by atoms with Crippen molar-refractivity contribution in [2.45, 2.75) is 13.5 Å². The van der Waals surface area contributed by atoms with E-state index < -0.39 is 4.92 Å². The van der Waals surface area contributed by atoms with Gasteiger partial charge in [-0.15, -0.1) is 10.2 Å². The Morgan fingerprint density at radius 2 is 1.84 bits per heavy atom. The first-order valence-corrected chi connectivity index (χ1v) is 7.41. The molecule has 0 saturated heterocycles. The minimum absolute atomic E-state index is 0.0481. The van der Waals surface area contributed by atoms with E-state index in [1.165, 1.54) is 12.1 Å². The van der Waals surface area contributed by atoms with Gasteiger partial charge in [-0.3, -0.25) is 10.1 Å². The minimum atomic E-state index is -0.432. The van der Waals surface area contributed by atoms with Crippen LogP contribution in [0.2, 0.25) is 0 Å². The van der Waals surface area contributed by atoms with E-state index >= 15 is 0 Å². The van der Waals surface area contributed by atoms with E-state index in [1.807, 2.05) is 12.1 Å². The Labute approximate surface area is 143 Å². The van der Waals surface area contributed by atoms with Crippen molar-refractivity contribution in [1.29, 1.82) is 0 Å². The SMILES string of the molecule is COc1ccc(-c2nnc(COc3ccc([N+](=O)[O-])c(C)c3)o2)cc1. The van der Waals surface area contributed by atoms with Crippen molar-refractivity contribution in [1.82, 2.24) is 10.2 Å².